The van der Waals surface area contributed by atoms with E-state index in [9.17, 15) is 9.59 Å². The summed E-state index contributed by atoms with van der Waals surface area (Å²) in [5, 5.41) is 4.65. The zero-order valence-corrected chi connectivity index (χ0v) is 17.8. The number of benzene rings is 1. The molecule has 3 heterocycles. The molecule has 0 saturated heterocycles. The number of aromatic nitrogens is 3. The Morgan fingerprint density at radius 2 is 1.77 bits per heavy atom. The first-order chi connectivity index (χ1) is 14.9. The molecule has 0 N–H and O–H groups in total. The number of aryl methyl sites for hydroxylation is 1. The van der Waals surface area contributed by atoms with Gasteiger partial charge in [-0.05, 0) is 44.2 Å². The highest BCUT2D eigenvalue weighted by Gasteiger charge is 2.20. The molecule has 4 rings (SSSR count). The predicted molar refractivity (Wildman–Crippen MR) is 117 cm³/mol. The topological polar surface area (TPSA) is 73.3 Å². The van der Waals surface area contributed by atoms with E-state index in [4.69, 9.17) is 4.42 Å². The number of nitrogens with zero attached hydrogens (tertiary/aromatic N) is 4. The lowest BCUT2D eigenvalue weighted by Crippen LogP contribution is -2.26. The molecule has 7 heteroatoms. The summed E-state index contributed by atoms with van der Waals surface area (Å²) in [5.41, 5.74) is 3.74. The van der Waals surface area contributed by atoms with Crippen molar-refractivity contribution in [2.45, 2.75) is 26.9 Å². The van der Waals surface area contributed by atoms with Crippen molar-refractivity contribution in [2.24, 2.45) is 0 Å². The summed E-state index contributed by atoms with van der Waals surface area (Å²) in [6, 6.07) is 18.2. The summed E-state index contributed by atoms with van der Waals surface area (Å²) in [4.78, 5) is 26.4. The van der Waals surface area contributed by atoms with Crippen LogP contribution in [0.3, 0.4) is 0 Å². The van der Waals surface area contributed by atoms with E-state index in [1.807, 2.05) is 48.9 Å². The van der Waals surface area contributed by atoms with Gasteiger partial charge in [-0.2, -0.15) is 5.10 Å². The highest BCUT2D eigenvalue weighted by molar-refractivity contribution is 5.91. The second kappa shape index (κ2) is 8.47. The number of pyridine rings is 1. The minimum Gasteiger partial charge on any atom is -0.454 e. The second-order valence-corrected chi connectivity index (χ2v) is 7.49. The van der Waals surface area contributed by atoms with Crippen LogP contribution in [0.15, 0.2) is 76.1 Å². The largest absolute Gasteiger partial charge is 0.454 e. The molecule has 0 spiro atoms. The second-order valence-electron chi connectivity index (χ2n) is 7.49. The van der Waals surface area contributed by atoms with Crippen molar-refractivity contribution >= 4 is 5.91 Å². The summed E-state index contributed by atoms with van der Waals surface area (Å²) in [7, 11) is 1.74. The average molecular weight is 416 g/mol. The van der Waals surface area contributed by atoms with Gasteiger partial charge in [-0.1, -0.05) is 24.3 Å². The van der Waals surface area contributed by atoms with Gasteiger partial charge in [0.15, 0.2) is 5.76 Å². The van der Waals surface area contributed by atoms with Gasteiger partial charge in [-0.3, -0.25) is 9.59 Å². The number of carbonyl (C=O) groups excluding carboxylic acids is 1. The number of rotatable bonds is 6. The van der Waals surface area contributed by atoms with Crippen molar-refractivity contribution in [2.75, 3.05) is 7.05 Å². The van der Waals surface area contributed by atoms with Gasteiger partial charge in [0.1, 0.15) is 5.76 Å². The maximum Gasteiger partial charge on any atom is 0.289 e. The van der Waals surface area contributed by atoms with Crippen molar-refractivity contribution in [1.82, 2.24) is 19.2 Å². The van der Waals surface area contributed by atoms with Crippen LogP contribution < -0.4 is 5.56 Å². The van der Waals surface area contributed by atoms with Crippen LogP contribution in [0.25, 0.3) is 5.69 Å². The number of para-hydroxylation sites is 1. The fourth-order valence-electron chi connectivity index (χ4n) is 3.56. The Morgan fingerprint density at radius 3 is 2.52 bits per heavy atom. The molecule has 1 aromatic carbocycles. The molecule has 0 atom stereocenters. The number of hydrogen-bond donors (Lipinski definition) is 0. The molecule has 4 aromatic rings. The van der Waals surface area contributed by atoms with E-state index in [-0.39, 0.29) is 23.8 Å². The monoisotopic (exact) mass is 416 g/mol. The van der Waals surface area contributed by atoms with E-state index < -0.39 is 0 Å². The van der Waals surface area contributed by atoms with Crippen LogP contribution in [0.1, 0.15) is 33.3 Å². The predicted octanol–water partition coefficient (Wildman–Crippen LogP) is 3.56. The minimum absolute atomic E-state index is 0.120. The fourth-order valence-corrected chi connectivity index (χ4v) is 3.56. The number of hydrogen-bond acceptors (Lipinski definition) is 4. The Hall–Kier alpha value is -3.87. The molecule has 0 aliphatic carbocycles. The quantitative estimate of drug-likeness (QED) is 0.482. The number of furan rings is 1. The third kappa shape index (κ3) is 4.21. The SMILES string of the molecule is Cc1nn(-c2ccccc2)c(C)c1CN(C)C(=O)c1ccc(Cn2ccccc2=O)o1. The van der Waals surface area contributed by atoms with Crippen molar-refractivity contribution in [3.05, 3.63) is 106 Å². The molecular weight excluding hydrogens is 392 g/mol. The molecule has 3 aromatic heterocycles. The van der Waals surface area contributed by atoms with Crippen LogP contribution in [0, 0.1) is 13.8 Å². The van der Waals surface area contributed by atoms with Crippen molar-refractivity contribution in [3.63, 3.8) is 0 Å². The smallest absolute Gasteiger partial charge is 0.289 e. The van der Waals surface area contributed by atoms with Gasteiger partial charge in [0.2, 0.25) is 0 Å². The van der Waals surface area contributed by atoms with Gasteiger partial charge in [-0.15, -0.1) is 0 Å². The van der Waals surface area contributed by atoms with Crippen molar-refractivity contribution in [1.29, 1.82) is 0 Å². The van der Waals surface area contributed by atoms with Crippen LogP contribution in [-0.2, 0) is 13.1 Å². The van der Waals surface area contributed by atoms with Gasteiger partial charge in [0, 0.05) is 37.1 Å². The first kappa shape index (κ1) is 20.4. The molecule has 31 heavy (non-hydrogen) atoms. The van der Waals surface area contributed by atoms with E-state index in [1.54, 1.807) is 42.4 Å². The molecule has 0 fully saturated rings. The lowest BCUT2D eigenvalue weighted by molar-refractivity contribution is 0.0751. The van der Waals surface area contributed by atoms with E-state index in [2.05, 4.69) is 5.10 Å². The molecule has 1 amide bonds. The van der Waals surface area contributed by atoms with Crippen molar-refractivity contribution < 1.29 is 9.21 Å². The lowest BCUT2D eigenvalue weighted by Gasteiger charge is -2.16. The van der Waals surface area contributed by atoms with E-state index in [0.717, 1.165) is 22.6 Å². The van der Waals surface area contributed by atoms with E-state index in [0.29, 0.717) is 12.3 Å². The lowest BCUT2D eigenvalue weighted by atomic mass is 10.2. The molecule has 0 aliphatic rings. The van der Waals surface area contributed by atoms with Gasteiger partial charge in [0.05, 0.1) is 17.9 Å². The first-order valence-electron chi connectivity index (χ1n) is 10.0. The summed E-state index contributed by atoms with van der Waals surface area (Å²) in [6.45, 7) is 4.64. The zero-order chi connectivity index (χ0) is 22.0. The third-order valence-electron chi connectivity index (χ3n) is 5.28. The number of amides is 1. The van der Waals surface area contributed by atoms with Crippen LogP contribution in [0.5, 0.6) is 0 Å². The molecular formula is C24H24N4O3. The van der Waals surface area contributed by atoms with Gasteiger partial charge < -0.3 is 13.9 Å². The molecule has 0 saturated carbocycles. The normalized spacial score (nSPS) is 10.9. The molecule has 0 aliphatic heterocycles. The molecule has 0 bridgehead atoms. The van der Waals surface area contributed by atoms with Crippen LogP contribution in [-0.4, -0.2) is 32.2 Å². The maximum absolute atomic E-state index is 12.9. The van der Waals surface area contributed by atoms with E-state index in [1.165, 1.54) is 10.6 Å². The Balaban J connectivity index is 1.50. The minimum atomic E-state index is -0.224. The van der Waals surface area contributed by atoms with Gasteiger partial charge in [0.25, 0.3) is 11.5 Å². The fraction of sp³-hybridized carbons (Fsp3) is 0.208. The average Bonchev–Trinajstić information content (AvgIpc) is 3.35. The summed E-state index contributed by atoms with van der Waals surface area (Å²) < 4.78 is 9.15. The standard InChI is InChI=1S/C24H24N4O3/c1-17-21(18(2)28(25-17)19-9-5-4-6-10-19)16-26(3)24(30)22-13-12-20(31-22)15-27-14-8-7-11-23(27)29/h4-14H,15-16H2,1-3H3. The summed E-state index contributed by atoms with van der Waals surface area (Å²) >= 11 is 0. The third-order valence-corrected chi connectivity index (χ3v) is 5.28. The van der Waals surface area contributed by atoms with Crippen LogP contribution >= 0.6 is 0 Å². The molecule has 0 unspecified atom stereocenters. The highest BCUT2D eigenvalue weighted by atomic mass is 16.4. The molecule has 158 valence electrons. The van der Waals surface area contributed by atoms with E-state index >= 15 is 0 Å². The highest BCUT2D eigenvalue weighted by Crippen LogP contribution is 2.20. The van der Waals surface area contributed by atoms with Crippen LogP contribution in [0.2, 0.25) is 0 Å². The van der Waals surface area contributed by atoms with Gasteiger partial charge in [-0.25, -0.2) is 4.68 Å². The van der Waals surface area contributed by atoms with Crippen molar-refractivity contribution in [3.8, 4) is 5.69 Å². The molecule has 0 radical (unpaired) electrons. The Kier molecular flexibility index (Phi) is 5.58. The summed E-state index contributed by atoms with van der Waals surface area (Å²) in [5.74, 6) is 0.569. The zero-order valence-electron chi connectivity index (χ0n) is 17.8. The number of carbonyl (C=O) groups is 1. The summed E-state index contributed by atoms with van der Waals surface area (Å²) in [6.07, 6.45) is 1.69. The Labute approximate surface area is 180 Å². The maximum atomic E-state index is 12.9. The van der Waals surface area contributed by atoms with Gasteiger partial charge >= 0.3 is 0 Å². The Morgan fingerprint density at radius 1 is 1.03 bits per heavy atom. The molecule has 7 nitrogen and oxygen atoms in total. The Bertz CT molecular complexity index is 1270. The first-order valence-corrected chi connectivity index (χ1v) is 10.0. The van der Waals surface area contributed by atoms with Crippen LogP contribution in [0.4, 0.5) is 0 Å².